The van der Waals surface area contributed by atoms with Crippen molar-refractivity contribution in [1.82, 2.24) is 14.2 Å². The first-order valence-corrected chi connectivity index (χ1v) is 14.6. The van der Waals surface area contributed by atoms with Gasteiger partial charge in [0.05, 0.1) is 0 Å². The van der Waals surface area contributed by atoms with Crippen LogP contribution in [0.4, 0.5) is 5.69 Å². The maximum atomic E-state index is 5.07. The van der Waals surface area contributed by atoms with E-state index in [2.05, 4.69) is 115 Å². The zero-order valence-corrected chi connectivity index (χ0v) is 22.4. The number of benzene rings is 1. The molecule has 160 valence electrons. The van der Waals surface area contributed by atoms with Gasteiger partial charge in [0, 0.05) is 0 Å². The molecule has 28 heavy (non-hydrogen) atoms. The number of amidine groups is 1. The van der Waals surface area contributed by atoms with E-state index < -0.39 is 6.91 Å². The third-order valence-electron chi connectivity index (χ3n) is 4.32. The number of nitrogens with zero attached hydrogens (tertiary/aromatic N) is 4. The van der Waals surface area contributed by atoms with Gasteiger partial charge in [-0.1, -0.05) is 0 Å². The van der Waals surface area contributed by atoms with Gasteiger partial charge in [0.25, 0.3) is 0 Å². The summed E-state index contributed by atoms with van der Waals surface area (Å²) in [5.41, 5.74) is 2.32. The predicted octanol–water partition coefficient (Wildman–Crippen LogP) is 5.71. The zero-order chi connectivity index (χ0) is 21.6. The molecule has 1 aromatic rings. The summed E-state index contributed by atoms with van der Waals surface area (Å²) < 4.78 is 6.66. The van der Waals surface area contributed by atoms with E-state index in [0.29, 0.717) is 24.2 Å². The standard InChI is InChI=1S/C22H41N4PSe/c1-16(2)25(17(3)4)27(26(18(5)6)19(7)8)28-22(24(10)11)23-21-14-12-20(9)13-15-21/h12-19H,1-11H3. The maximum absolute atomic E-state index is 5.07. The average molecular weight is 472 g/mol. The summed E-state index contributed by atoms with van der Waals surface area (Å²) in [5.74, 6) is 0. The van der Waals surface area contributed by atoms with E-state index in [-0.39, 0.29) is 14.5 Å². The van der Waals surface area contributed by atoms with E-state index >= 15 is 0 Å². The summed E-state index contributed by atoms with van der Waals surface area (Å²) in [5, 5.41) is 0. The Labute approximate surface area is 181 Å². The van der Waals surface area contributed by atoms with Crippen LogP contribution in [0, 0.1) is 6.92 Å². The van der Waals surface area contributed by atoms with Crippen molar-refractivity contribution in [2.24, 2.45) is 4.99 Å². The quantitative estimate of drug-likeness (QED) is 0.199. The van der Waals surface area contributed by atoms with Crippen molar-refractivity contribution in [1.29, 1.82) is 0 Å². The molecule has 0 aliphatic heterocycles. The van der Waals surface area contributed by atoms with Crippen molar-refractivity contribution in [2.45, 2.75) is 86.5 Å². The molecule has 0 N–H and O–H groups in total. The molecule has 0 saturated heterocycles. The molecule has 0 radical (unpaired) electrons. The van der Waals surface area contributed by atoms with Crippen LogP contribution >= 0.6 is 6.91 Å². The van der Waals surface area contributed by atoms with E-state index in [4.69, 9.17) is 4.99 Å². The second-order valence-corrected chi connectivity index (χ2v) is 14.2. The normalized spacial score (nSPS) is 13.3. The van der Waals surface area contributed by atoms with Gasteiger partial charge >= 0.3 is 181 Å². The van der Waals surface area contributed by atoms with Crippen LogP contribution in [0.1, 0.15) is 61.0 Å². The molecule has 4 nitrogen and oxygen atoms in total. The number of hydrogen-bond donors (Lipinski definition) is 0. The van der Waals surface area contributed by atoms with Gasteiger partial charge in [0.1, 0.15) is 0 Å². The number of rotatable bonds is 9. The molecule has 1 rings (SSSR count). The van der Waals surface area contributed by atoms with Crippen molar-refractivity contribution in [2.75, 3.05) is 14.1 Å². The molecule has 0 unspecified atom stereocenters. The Bertz CT molecular complexity index is 575. The van der Waals surface area contributed by atoms with Crippen molar-refractivity contribution in [3.63, 3.8) is 0 Å². The van der Waals surface area contributed by atoms with Crippen LogP contribution < -0.4 is 0 Å². The molecular formula is C22H41N4PSe. The van der Waals surface area contributed by atoms with E-state index in [0.717, 1.165) is 5.69 Å². The topological polar surface area (TPSA) is 22.1 Å². The monoisotopic (exact) mass is 472 g/mol. The Hall–Kier alpha value is -0.441. The molecule has 0 amide bonds. The molecular weight excluding hydrogens is 430 g/mol. The van der Waals surface area contributed by atoms with Crippen LogP contribution in [0.25, 0.3) is 0 Å². The predicted molar refractivity (Wildman–Crippen MR) is 129 cm³/mol. The van der Waals surface area contributed by atoms with Crippen LogP contribution in [0.15, 0.2) is 29.3 Å². The van der Waals surface area contributed by atoms with Crippen molar-refractivity contribution >= 4 is 31.8 Å². The van der Waals surface area contributed by atoms with Gasteiger partial charge in [-0.25, -0.2) is 0 Å². The molecule has 0 aliphatic carbocycles. The summed E-state index contributed by atoms with van der Waals surface area (Å²) in [6.45, 7) is 20.3. The van der Waals surface area contributed by atoms with Crippen molar-refractivity contribution in [3.8, 4) is 0 Å². The number of hydrogen-bond acceptors (Lipinski definition) is 3. The van der Waals surface area contributed by atoms with Gasteiger partial charge in [-0.15, -0.1) is 0 Å². The molecule has 0 heterocycles. The van der Waals surface area contributed by atoms with Crippen molar-refractivity contribution in [3.05, 3.63) is 29.8 Å². The number of aliphatic imine (C=N–C) groups is 1. The van der Waals surface area contributed by atoms with Gasteiger partial charge in [0.2, 0.25) is 0 Å². The van der Waals surface area contributed by atoms with Crippen molar-refractivity contribution < 1.29 is 0 Å². The molecule has 6 heteroatoms. The summed E-state index contributed by atoms with van der Waals surface area (Å²) in [6.07, 6.45) is 0. The first-order chi connectivity index (χ1) is 13.0. The van der Waals surface area contributed by atoms with E-state index in [1.54, 1.807) is 0 Å². The molecule has 0 atom stereocenters. The Kier molecular flexibility index (Phi) is 10.7. The van der Waals surface area contributed by atoms with Gasteiger partial charge in [0.15, 0.2) is 0 Å². The Morgan fingerprint density at radius 1 is 0.786 bits per heavy atom. The number of aryl methyl sites for hydroxylation is 1. The molecule has 0 spiro atoms. The fraction of sp³-hybridized carbons (Fsp3) is 0.682. The summed E-state index contributed by atoms with van der Waals surface area (Å²) >= 11 is 0.243. The average Bonchev–Trinajstić information content (AvgIpc) is 2.54. The van der Waals surface area contributed by atoms with Crippen LogP contribution in [-0.2, 0) is 0 Å². The molecule has 0 aromatic heterocycles. The molecule has 1 aromatic carbocycles. The van der Waals surface area contributed by atoms with E-state index in [1.807, 2.05) is 0 Å². The SMILES string of the molecule is Cc1ccc(N=C([Se]P(N(C(C)C)C(C)C)N(C(C)C)C(C)C)N(C)C)cc1. The Morgan fingerprint density at radius 2 is 1.18 bits per heavy atom. The van der Waals surface area contributed by atoms with Gasteiger partial charge in [-0.2, -0.15) is 0 Å². The minimum absolute atomic E-state index is 0.243. The van der Waals surface area contributed by atoms with Crippen LogP contribution in [-0.4, -0.2) is 71.8 Å². The first kappa shape index (κ1) is 25.6. The molecule has 0 fully saturated rings. The van der Waals surface area contributed by atoms with Crippen LogP contribution in [0.3, 0.4) is 0 Å². The molecule has 0 aliphatic rings. The van der Waals surface area contributed by atoms with Gasteiger partial charge in [-0.05, 0) is 0 Å². The van der Waals surface area contributed by atoms with Gasteiger partial charge in [-0.3, -0.25) is 0 Å². The molecule has 0 saturated carbocycles. The zero-order valence-electron chi connectivity index (χ0n) is 19.8. The van der Waals surface area contributed by atoms with Gasteiger partial charge < -0.3 is 0 Å². The Balaban J connectivity index is 3.38. The van der Waals surface area contributed by atoms with E-state index in [9.17, 15) is 0 Å². The molecule has 0 bridgehead atoms. The fourth-order valence-electron chi connectivity index (χ4n) is 3.20. The third-order valence-corrected chi connectivity index (χ3v) is 12.7. The summed E-state index contributed by atoms with van der Waals surface area (Å²) in [7, 11) is 4.26. The van der Waals surface area contributed by atoms with E-state index in [1.165, 1.54) is 10.3 Å². The van der Waals surface area contributed by atoms with Crippen LogP contribution in [0.5, 0.6) is 0 Å². The minimum atomic E-state index is -0.463. The Morgan fingerprint density at radius 3 is 1.50 bits per heavy atom. The fourth-order valence-corrected chi connectivity index (χ4v) is 13.9. The third kappa shape index (κ3) is 7.43. The second kappa shape index (κ2) is 11.7. The summed E-state index contributed by atoms with van der Waals surface area (Å²) in [4.78, 5) is 7.29. The summed E-state index contributed by atoms with van der Waals surface area (Å²) in [6, 6.07) is 10.6. The van der Waals surface area contributed by atoms with Crippen LogP contribution in [0.2, 0.25) is 0 Å². The first-order valence-electron chi connectivity index (χ1n) is 10.3. The second-order valence-electron chi connectivity index (χ2n) is 8.60.